The van der Waals surface area contributed by atoms with Gasteiger partial charge in [0.15, 0.2) is 0 Å². The molecule has 1 aromatic rings. The quantitative estimate of drug-likeness (QED) is 0.801. The molecule has 4 nitrogen and oxygen atoms in total. The predicted octanol–water partition coefficient (Wildman–Crippen LogP) is 2.78. The molecular formula is C13H24BrN3O. The normalized spacial score (nSPS) is 13.2. The summed E-state index contributed by atoms with van der Waals surface area (Å²) in [5.74, 6) is 0.477. The lowest BCUT2D eigenvalue weighted by atomic mass is 10.0. The van der Waals surface area contributed by atoms with Crippen LogP contribution < -0.4 is 5.32 Å². The average molecular weight is 318 g/mol. The highest BCUT2D eigenvalue weighted by atomic mass is 79.9. The lowest BCUT2D eigenvalue weighted by Crippen LogP contribution is -2.25. The molecule has 1 N–H and O–H groups in total. The molecule has 0 fully saturated rings. The summed E-state index contributed by atoms with van der Waals surface area (Å²) in [5.41, 5.74) is 1.26. The van der Waals surface area contributed by atoms with Gasteiger partial charge in [-0.1, -0.05) is 20.8 Å². The van der Waals surface area contributed by atoms with Crippen molar-refractivity contribution in [2.45, 2.75) is 45.7 Å². The van der Waals surface area contributed by atoms with Crippen LogP contribution in [0.25, 0.3) is 0 Å². The number of methoxy groups -OCH3 is 1. The molecule has 0 saturated heterocycles. The summed E-state index contributed by atoms with van der Waals surface area (Å²) in [6, 6.07) is 0.541. The van der Waals surface area contributed by atoms with Gasteiger partial charge in [0, 0.05) is 19.1 Å². The highest BCUT2D eigenvalue weighted by Gasteiger charge is 2.15. The van der Waals surface area contributed by atoms with Crippen LogP contribution in [-0.4, -0.2) is 36.1 Å². The summed E-state index contributed by atoms with van der Waals surface area (Å²) < 4.78 is 8.24. The van der Waals surface area contributed by atoms with Gasteiger partial charge < -0.3 is 10.1 Å². The first-order valence-electron chi connectivity index (χ1n) is 6.49. The molecule has 1 unspecified atom stereocenters. The molecule has 0 bridgehead atoms. The Labute approximate surface area is 118 Å². The molecule has 1 atom stereocenters. The van der Waals surface area contributed by atoms with Crippen molar-refractivity contribution in [3.05, 3.63) is 16.4 Å². The van der Waals surface area contributed by atoms with E-state index >= 15 is 0 Å². The third-order valence-electron chi connectivity index (χ3n) is 2.94. The summed E-state index contributed by atoms with van der Waals surface area (Å²) in [7, 11) is 1.72. The van der Waals surface area contributed by atoms with E-state index in [1.807, 2.05) is 10.9 Å². The number of hydrogen-bond donors (Lipinski definition) is 1. The molecule has 0 aromatic carbocycles. The Balaban J connectivity index is 2.59. The number of hydrogen-bond acceptors (Lipinski definition) is 3. The zero-order valence-corrected chi connectivity index (χ0v) is 13.3. The standard InChI is InChI=1S/C13H24BrN3O/c1-10(2)15-6-5-11(3)13-12(14)9-16-17(13)7-8-18-4/h9-11,15H,5-8H2,1-4H3. The molecule has 104 valence electrons. The molecule has 18 heavy (non-hydrogen) atoms. The van der Waals surface area contributed by atoms with E-state index in [-0.39, 0.29) is 0 Å². The maximum absolute atomic E-state index is 5.11. The first-order chi connectivity index (χ1) is 8.56. The van der Waals surface area contributed by atoms with Crippen LogP contribution in [-0.2, 0) is 11.3 Å². The first-order valence-corrected chi connectivity index (χ1v) is 7.29. The Morgan fingerprint density at radius 1 is 1.44 bits per heavy atom. The zero-order valence-electron chi connectivity index (χ0n) is 11.7. The molecule has 0 amide bonds. The van der Waals surface area contributed by atoms with Crippen LogP contribution in [0.4, 0.5) is 0 Å². The van der Waals surface area contributed by atoms with Gasteiger partial charge in [-0.15, -0.1) is 0 Å². The van der Waals surface area contributed by atoms with Crippen molar-refractivity contribution in [2.24, 2.45) is 0 Å². The Kier molecular flexibility index (Phi) is 6.89. The molecular weight excluding hydrogens is 294 g/mol. The highest BCUT2D eigenvalue weighted by molar-refractivity contribution is 9.10. The summed E-state index contributed by atoms with van der Waals surface area (Å²) in [6.07, 6.45) is 2.98. The minimum absolute atomic E-state index is 0.477. The number of halogens is 1. The van der Waals surface area contributed by atoms with Gasteiger partial charge in [-0.25, -0.2) is 0 Å². The van der Waals surface area contributed by atoms with Gasteiger partial charge in [0.2, 0.25) is 0 Å². The predicted molar refractivity (Wildman–Crippen MR) is 78.0 cm³/mol. The van der Waals surface area contributed by atoms with E-state index in [4.69, 9.17) is 4.74 Å². The third-order valence-corrected chi connectivity index (χ3v) is 3.55. The van der Waals surface area contributed by atoms with Crippen LogP contribution >= 0.6 is 15.9 Å². The van der Waals surface area contributed by atoms with Crippen molar-refractivity contribution in [1.29, 1.82) is 0 Å². The van der Waals surface area contributed by atoms with Gasteiger partial charge in [-0.2, -0.15) is 5.10 Å². The SMILES string of the molecule is COCCn1ncc(Br)c1C(C)CCNC(C)C. The second kappa shape index (κ2) is 7.92. The molecule has 1 aromatic heterocycles. The van der Waals surface area contributed by atoms with Crippen LogP contribution in [0.1, 0.15) is 38.8 Å². The number of nitrogens with one attached hydrogen (secondary N) is 1. The minimum atomic E-state index is 0.477. The molecule has 0 saturated carbocycles. The van der Waals surface area contributed by atoms with Crippen LogP contribution in [0.5, 0.6) is 0 Å². The first kappa shape index (κ1) is 15.7. The van der Waals surface area contributed by atoms with Crippen LogP contribution in [0.2, 0.25) is 0 Å². The van der Waals surface area contributed by atoms with Crippen LogP contribution in [0.15, 0.2) is 10.7 Å². The van der Waals surface area contributed by atoms with Crippen molar-refractivity contribution in [3.63, 3.8) is 0 Å². The molecule has 1 heterocycles. The van der Waals surface area contributed by atoms with Crippen LogP contribution in [0.3, 0.4) is 0 Å². The van der Waals surface area contributed by atoms with E-state index < -0.39 is 0 Å². The Morgan fingerprint density at radius 2 is 2.17 bits per heavy atom. The Hall–Kier alpha value is -0.390. The highest BCUT2D eigenvalue weighted by Crippen LogP contribution is 2.26. The maximum Gasteiger partial charge on any atom is 0.0658 e. The fourth-order valence-electron chi connectivity index (χ4n) is 1.94. The van der Waals surface area contributed by atoms with E-state index in [1.165, 1.54) is 5.69 Å². The van der Waals surface area contributed by atoms with Crippen LogP contribution in [0, 0.1) is 0 Å². The molecule has 5 heteroatoms. The van der Waals surface area contributed by atoms with Crippen molar-refractivity contribution in [2.75, 3.05) is 20.3 Å². The molecule has 0 aliphatic rings. The van der Waals surface area contributed by atoms with E-state index in [0.29, 0.717) is 18.6 Å². The van der Waals surface area contributed by atoms with Gasteiger partial charge in [0.05, 0.1) is 29.5 Å². The van der Waals surface area contributed by atoms with Gasteiger partial charge in [0.1, 0.15) is 0 Å². The molecule has 0 spiro atoms. The van der Waals surface area contributed by atoms with E-state index in [0.717, 1.165) is 24.0 Å². The van der Waals surface area contributed by atoms with E-state index in [2.05, 4.69) is 47.1 Å². The Bertz CT molecular complexity index is 352. The second-order valence-electron chi connectivity index (χ2n) is 4.89. The van der Waals surface area contributed by atoms with Crippen molar-refractivity contribution >= 4 is 15.9 Å². The summed E-state index contributed by atoms with van der Waals surface area (Å²) >= 11 is 3.59. The van der Waals surface area contributed by atoms with Crippen molar-refractivity contribution in [1.82, 2.24) is 15.1 Å². The van der Waals surface area contributed by atoms with E-state index in [1.54, 1.807) is 7.11 Å². The largest absolute Gasteiger partial charge is 0.383 e. The smallest absolute Gasteiger partial charge is 0.0658 e. The number of nitrogens with zero attached hydrogens (tertiary/aromatic N) is 2. The fraction of sp³-hybridized carbons (Fsp3) is 0.769. The Morgan fingerprint density at radius 3 is 2.78 bits per heavy atom. The van der Waals surface area contributed by atoms with Gasteiger partial charge in [0.25, 0.3) is 0 Å². The topological polar surface area (TPSA) is 39.1 Å². The zero-order chi connectivity index (χ0) is 13.5. The van der Waals surface area contributed by atoms with Crippen molar-refractivity contribution in [3.8, 4) is 0 Å². The van der Waals surface area contributed by atoms with Gasteiger partial charge in [-0.05, 0) is 28.9 Å². The maximum atomic E-state index is 5.11. The molecule has 0 radical (unpaired) electrons. The average Bonchev–Trinajstić information content (AvgIpc) is 2.67. The number of aromatic nitrogens is 2. The molecule has 0 aliphatic carbocycles. The van der Waals surface area contributed by atoms with Gasteiger partial charge >= 0.3 is 0 Å². The minimum Gasteiger partial charge on any atom is -0.383 e. The fourth-order valence-corrected chi connectivity index (χ4v) is 2.63. The summed E-state index contributed by atoms with van der Waals surface area (Å²) in [6.45, 7) is 9.11. The third kappa shape index (κ3) is 4.71. The number of rotatable bonds is 8. The lowest BCUT2D eigenvalue weighted by molar-refractivity contribution is 0.182. The molecule has 1 rings (SSSR count). The number of ether oxygens (including phenoxy) is 1. The lowest BCUT2D eigenvalue weighted by Gasteiger charge is -2.16. The second-order valence-corrected chi connectivity index (χ2v) is 5.75. The van der Waals surface area contributed by atoms with Gasteiger partial charge in [-0.3, -0.25) is 4.68 Å². The summed E-state index contributed by atoms with van der Waals surface area (Å²) in [5, 5.41) is 7.84. The monoisotopic (exact) mass is 317 g/mol. The summed E-state index contributed by atoms with van der Waals surface area (Å²) in [4.78, 5) is 0. The van der Waals surface area contributed by atoms with E-state index in [9.17, 15) is 0 Å². The van der Waals surface area contributed by atoms with Crippen molar-refractivity contribution < 1.29 is 4.74 Å². The molecule has 0 aliphatic heterocycles.